The van der Waals surface area contributed by atoms with E-state index in [9.17, 15) is 16.8 Å². The van der Waals surface area contributed by atoms with Crippen LogP contribution in [0.15, 0.2) is 24.3 Å². The molecule has 8 nitrogen and oxygen atoms in total. The normalized spacial score (nSPS) is 10.1. The van der Waals surface area contributed by atoms with E-state index in [-0.39, 0.29) is 5.75 Å². The van der Waals surface area contributed by atoms with Gasteiger partial charge in [-0.1, -0.05) is 12.1 Å². The van der Waals surface area contributed by atoms with E-state index in [0.29, 0.717) is 18.1 Å². The predicted octanol–water partition coefficient (Wildman–Crippen LogP) is 0.272. The molecule has 0 aromatic heterocycles. The molecule has 0 unspecified atom stereocenters. The third-order valence-corrected chi connectivity index (χ3v) is 1.02. The number of hydrogen-bond acceptors (Lipinski definition) is 6. The molecule has 1 aromatic rings. The Kier molecular flexibility index (Phi) is 8.73. The van der Waals surface area contributed by atoms with Gasteiger partial charge in [0.2, 0.25) is 0 Å². The number of phenols is 1. The maximum atomic E-state index is 9.19. The highest BCUT2D eigenvalue weighted by Crippen LogP contribution is 2.12. The van der Waals surface area contributed by atoms with Crippen molar-refractivity contribution < 1.29 is 31.0 Å². The van der Waals surface area contributed by atoms with Crippen molar-refractivity contribution in [3.63, 3.8) is 0 Å². The van der Waals surface area contributed by atoms with Gasteiger partial charge in [0.1, 0.15) is 11.8 Å². The zero-order valence-electron chi connectivity index (χ0n) is 10.0. The number of nitriles is 1. The Morgan fingerprint density at radius 3 is 1.53 bits per heavy atom. The van der Waals surface area contributed by atoms with Crippen LogP contribution in [0.5, 0.6) is 5.75 Å². The average molecular weight is 311 g/mol. The second-order valence-corrected chi connectivity index (χ2v) is 6.03. The summed E-state index contributed by atoms with van der Waals surface area (Å²) >= 11 is 0. The van der Waals surface area contributed by atoms with Crippen LogP contribution in [-0.2, 0) is 20.2 Å². The third kappa shape index (κ3) is 26.1. The Morgan fingerprint density at radius 1 is 1.00 bits per heavy atom. The van der Waals surface area contributed by atoms with Gasteiger partial charge in [0.15, 0.2) is 0 Å². The van der Waals surface area contributed by atoms with Crippen LogP contribution in [-0.4, -0.2) is 43.6 Å². The smallest absolute Gasteiger partial charge is 0.261 e. The van der Waals surface area contributed by atoms with Gasteiger partial charge >= 0.3 is 0 Å². The first kappa shape index (κ1) is 19.7. The Bertz CT molecular complexity index is 583. The molecule has 0 aliphatic carbocycles. The molecule has 1 rings (SSSR count). The van der Waals surface area contributed by atoms with Crippen LogP contribution in [0.3, 0.4) is 0 Å². The van der Waals surface area contributed by atoms with Crippen LogP contribution in [0.1, 0.15) is 5.56 Å². The lowest BCUT2D eigenvalue weighted by molar-refractivity contribution is 0.473. The van der Waals surface area contributed by atoms with Crippen LogP contribution in [0.2, 0.25) is 0 Å². The molecule has 0 saturated carbocycles. The molecule has 0 heterocycles. The van der Waals surface area contributed by atoms with E-state index >= 15 is 0 Å². The molecule has 10 heteroatoms. The van der Waals surface area contributed by atoms with Gasteiger partial charge in [-0.2, -0.15) is 22.1 Å². The number of nitrogens with zero attached hydrogens (tertiary/aromatic N) is 1. The number of hydrogen-bond donors (Lipinski definition) is 3. The maximum Gasteiger partial charge on any atom is 0.261 e. The molecule has 0 radical (unpaired) electrons. The maximum absolute atomic E-state index is 9.19. The van der Waals surface area contributed by atoms with Crippen molar-refractivity contribution in [2.24, 2.45) is 0 Å². The van der Waals surface area contributed by atoms with E-state index in [1.54, 1.807) is 18.2 Å². The summed E-state index contributed by atoms with van der Waals surface area (Å²) in [5.74, 6) is 0.0417. The molecular formula is C9H13NO7S2. The minimum Gasteiger partial charge on any atom is -0.507 e. The highest BCUT2D eigenvalue weighted by Gasteiger charge is 1.93. The molecule has 108 valence electrons. The summed E-state index contributed by atoms with van der Waals surface area (Å²) in [5.41, 5.74) is 0.317. The molecule has 0 atom stereocenters. The van der Waals surface area contributed by atoms with Crippen molar-refractivity contribution >= 4 is 20.2 Å². The molecule has 3 N–H and O–H groups in total. The minimum atomic E-state index is -3.67. The van der Waals surface area contributed by atoms with Gasteiger partial charge in [-0.25, -0.2) is 0 Å². The summed E-state index contributed by atoms with van der Waals surface area (Å²) in [5, 5.41) is 17.2. The van der Waals surface area contributed by atoms with Gasteiger partial charge in [0, 0.05) is 0 Å². The zero-order valence-corrected chi connectivity index (χ0v) is 11.7. The van der Waals surface area contributed by atoms with E-state index < -0.39 is 20.2 Å². The van der Waals surface area contributed by atoms with Crippen molar-refractivity contribution in [2.45, 2.75) is 0 Å². The largest absolute Gasteiger partial charge is 0.507 e. The topological polar surface area (TPSA) is 153 Å². The molecule has 0 fully saturated rings. The first-order valence-electron chi connectivity index (χ1n) is 4.37. The molecular weight excluding hydrogens is 298 g/mol. The SMILES string of the molecule is CS(=O)(=O)O.CS(=O)(=O)O.N#Cc1ccccc1O. The number of aromatic hydroxyl groups is 1. The lowest BCUT2D eigenvalue weighted by Gasteiger charge is -1.89. The van der Waals surface area contributed by atoms with Gasteiger partial charge in [0.05, 0.1) is 18.1 Å². The van der Waals surface area contributed by atoms with Crippen molar-refractivity contribution in [2.75, 3.05) is 12.5 Å². The molecule has 0 aliphatic rings. The average Bonchev–Trinajstić information content (AvgIpc) is 2.13. The summed E-state index contributed by atoms with van der Waals surface area (Å²) in [7, 11) is -7.33. The van der Waals surface area contributed by atoms with Crippen LogP contribution < -0.4 is 0 Å². The van der Waals surface area contributed by atoms with E-state index in [2.05, 4.69) is 0 Å². The van der Waals surface area contributed by atoms with Crippen LogP contribution >= 0.6 is 0 Å². The predicted molar refractivity (Wildman–Crippen MR) is 67.8 cm³/mol. The molecule has 19 heavy (non-hydrogen) atoms. The van der Waals surface area contributed by atoms with Gasteiger partial charge in [0.25, 0.3) is 20.2 Å². The molecule has 0 bridgehead atoms. The second kappa shape index (κ2) is 8.44. The Hall–Kier alpha value is -1.67. The third-order valence-electron chi connectivity index (χ3n) is 1.02. The first-order valence-corrected chi connectivity index (χ1v) is 8.07. The van der Waals surface area contributed by atoms with Gasteiger partial charge in [-0.05, 0) is 12.1 Å². The Labute approximate surface area is 111 Å². The number of benzene rings is 1. The van der Waals surface area contributed by atoms with E-state index in [4.69, 9.17) is 19.5 Å². The Morgan fingerprint density at radius 2 is 1.32 bits per heavy atom. The quantitative estimate of drug-likeness (QED) is 0.577. The van der Waals surface area contributed by atoms with Crippen molar-refractivity contribution in [1.82, 2.24) is 0 Å². The van der Waals surface area contributed by atoms with Crippen molar-refractivity contribution in [3.05, 3.63) is 29.8 Å². The fourth-order valence-electron chi connectivity index (χ4n) is 0.568. The van der Waals surface area contributed by atoms with E-state index in [1.807, 2.05) is 6.07 Å². The van der Waals surface area contributed by atoms with Crippen molar-refractivity contribution in [3.8, 4) is 11.8 Å². The standard InChI is InChI=1S/C7H5NO.2CH4O3S/c8-5-6-3-1-2-4-7(6)9;2*1-5(2,3)4/h1-4,9H;2*1H3,(H,2,3,4). The van der Waals surface area contributed by atoms with Crippen LogP contribution in [0.25, 0.3) is 0 Å². The lowest BCUT2D eigenvalue weighted by atomic mass is 10.2. The monoisotopic (exact) mass is 311 g/mol. The summed E-state index contributed by atoms with van der Waals surface area (Å²) in [6, 6.07) is 8.28. The highest BCUT2D eigenvalue weighted by atomic mass is 32.2. The summed E-state index contributed by atoms with van der Waals surface area (Å²) in [6.07, 6.45) is 1.43. The molecule has 0 amide bonds. The zero-order chi connectivity index (χ0) is 15.7. The van der Waals surface area contributed by atoms with Crippen LogP contribution in [0, 0.1) is 11.3 Å². The highest BCUT2D eigenvalue weighted by molar-refractivity contribution is 7.85. The van der Waals surface area contributed by atoms with E-state index in [1.165, 1.54) is 6.07 Å². The van der Waals surface area contributed by atoms with Gasteiger partial charge < -0.3 is 5.11 Å². The summed E-state index contributed by atoms with van der Waals surface area (Å²) < 4.78 is 51.7. The summed E-state index contributed by atoms with van der Waals surface area (Å²) in [4.78, 5) is 0. The summed E-state index contributed by atoms with van der Waals surface area (Å²) in [6.45, 7) is 0. The number of phenolic OH excluding ortho intramolecular Hbond substituents is 1. The van der Waals surface area contributed by atoms with Crippen LogP contribution in [0.4, 0.5) is 0 Å². The number of para-hydroxylation sites is 1. The first-order chi connectivity index (χ1) is 8.34. The minimum absolute atomic E-state index is 0.0417. The van der Waals surface area contributed by atoms with Crippen molar-refractivity contribution in [1.29, 1.82) is 5.26 Å². The Balaban J connectivity index is 0. The molecule has 0 spiro atoms. The van der Waals surface area contributed by atoms with Gasteiger partial charge in [-0.15, -0.1) is 0 Å². The molecule has 0 aliphatic heterocycles. The molecule has 0 saturated heterocycles. The van der Waals surface area contributed by atoms with Gasteiger partial charge in [-0.3, -0.25) is 9.11 Å². The fourth-order valence-corrected chi connectivity index (χ4v) is 0.568. The lowest BCUT2D eigenvalue weighted by Crippen LogP contribution is -1.88. The fraction of sp³-hybridized carbons (Fsp3) is 0.222. The van der Waals surface area contributed by atoms with E-state index in [0.717, 1.165) is 0 Å². The molecule has 1 aromatic carbocycles. The number of rotatable bonds is 0. The second-order valence-electron chi connectivity index (χ2n) is 3.09.